The third-order valence-electron chi connectivity index (χ3n) is 6.71. The molecular formula is C23H19F6N3O4. The van der Waals surface area contributed by atoms with Crippen LogP contribution in [-0.2, 0) is 26.0 Å². The number of pyridine rings is 1. The van der Waals surface area contributed by atoms with Gasteiger partial charge in [0.15, 0.2) is 0 Å². The minimum absolute atomic E-state index is 0.00188. The smallest absolute Gasteiger partial charge is 0.490 e. The second kappa shape index (κ2) is 8.27. The summed E-state index contributed by atoms with van der Waals surface area (Å²) in [5.41, 5.74) is 4.61. The van der Waals surface area contributed by atoms with Crippen molar-refractivity contribution >= 4 is 12.0 Å². The van der Waals surface area contributed by atoms with Gasteiger partial charge in [-0.15, -0.1) is 0 Å². The average molecular weight is 515 g/mol. The predicted molar refractivity (Wildman–Crippen MR) is 112 cm³/mol. The van der Waals surface area contributed by atoms with Crippen LogP contribution in [0.4, 0.5) is 26.3 Å². The van der Waals surface area contributed by atoms with Crippen molar-refractivity contribution in [3.8, 4) is 17.0 Å². The van der Waals surface area contributed by atoms with E-state index in [2.05, 4.69) is 9.98 Å². The van der Waals surface area contributed by atoms with Gasteiger partial charge in [0.05, 0.1) is 11.3 Å². The molecule has 0 bridgehead atoms. The minimum atomic E-state index is -5.13. The number of carbonyl (C=O) groups is 1. The number of carbonyl (C=O) groups excluding carboxylic acids is 1. The van der Waals surface area contributed by atoms with Gasteiger partial charge in [-0.2, -0.15) is 26.3 Å². The second-order valence-corrected chi connectivity index (χ2v) is 8.90. The maximum absolute atomic E-state index is 13.2. The summed E-state index contributed by atoms with van der Waals surface area (Å²) in [6, 6.07) is 6.36. The summed E-state index contributed by atoms with van der Waals surface area (Å²) in [5, 5.41) is 0. The molecule has 4 atom stereocenters. The first kappa shape index (κ1) is 24.2. The molecule has 192 valence electrons. The number of nitrogens with two attached hydrogens (primary N) is 1. The van der Waals surface area contributed by atoms with Crippen molar-refractivity contribution in [2.24, 2.45) is 16.6 Å². The van der Waals surface area contributed by atoms with Crippen LogP contribution in [0.3, 0.4) is 0 Å². The summed E-state index contributed by atoms with van der Waals surface area (Å²) in [7, 11) is 0. The Kier molecular flexibility index (Phi) is 5.56. The number of nitrogens with zero attached hydrogens (tertiary/aromatic N) is 2. The number of fused-ring (bicyclic) bond motifs is 4. The Hall–Kier alpha value is -3.51. The Balaban J connectivity index is 1.53. The van der Waals surface area contributed by atoms with E-state index in [4.69, 9.17) is 19.9 Å². The van der Waals surface area contributed by atoms with Gasteiger partial charge >= 0.3 is 18.3 Å². The Morgan fingerprint density at radius 2 is 1.89 bits per heavy atom. The standard InChI is InChI=1S/C23H19F6N3O4/c24-22(25,26)12-5-6-31-16(8-12)11-1-3-17-14(7-11)21(10-34-20(30)32-21)15-9-13(2-4-18(15)36-17)35-19(33)23(27,28)29/h1,3,5-8,13,15,18H,2,4,9-10H2,(H2,30,32)/t13-,15-,18-,21?/m0/s1. The Morgan fingerprint density at radius 1 is 1.11 bits per heavy atom. The topological polar surface area (TPSA) is 96.0 Å². The van der Waals surface area contributed by atoms with Crippen molar-refractivity contribution in [3.05, 3.63) is 47.7 Å². The molecule has 0 radical (unpaired) electrons. The molecule has 1 aliphatic carbocycles. The molecule has 1 aromatic carbocycles. The number of benzene rings is 1. The predicted octanol–water partition coefficient (Wildman–Crippen LogP) is 4.34. The largest absolute Gasteiger partial charge is 0.490 e. The molecular weight excluding hydrogens is 496 g/mol. The van der Waals surface area contributed by atoms with E-state index in [1.807, 2.05) is 0 Å². The molecule has 13 heteroatoms. The maximum atomic E-state index is 13.2. The fourth-order valence-corrected chi connectivity index (χ4v) is 5.10. The lowest BCUT2D eigenvalue weighted by Gasteiger charge is -2.47. The van der Waals surface area contributed by atoms with Crippen LogP contribution in [0, 0.1) is 5.92 Å². The number of aliphatic imine (C=N–C) groups is 1. The monoisotopic (exact) mass is 515 g/mol. The van der Waals surface area contributed by atoms with Crippen molar-refractivity contribution in [2.75, 3.05) is 6.61 Å². The van der Waals surface area contributed by atoms with Crippen LogP contribution in [0.5, 0.6) is 5.75 Å². The SMILES string of the molecule is NC1=NC2(CO1)c1cc(-c3cc(C(F)(F)F)ccn3)ccc1O[C@H]1CC[C@H](OC(=O)C(F)(F)F)C[C@@H]12. The van der Waals surface area contributed by atoms with Crippen molar-refractivity contribution in [1.29, 1.82) is 0 Å². The van der Waals surface area contributed by atoms with E-state index in [1.54, 1.807) is 18.2 Å². The molecule has 1 aromatic heterocycles. The van der Waals surface area contributed by atoms with Crippen LogP contribution in [-0.4, -0.2) is 42.0 Å². The van der Waals surface area contributed by atoms with E-state index >= 15 is 0 Å². The number of esters is 1. The van der Waals surface area contributed by atoms with Gasteiger partial charge in [0.25, 0.3) is 6.02 Å². The van der Waals surface area contributed by atoms with Gasteiger partial charge in [0.2, 0.25) is 0 Å². The summed E-state index contributed by atoms with van der Waals surface area (Å²) in [4.78, 5) is 20.0. The molecule has 7 nitrogen and oxygen atoms in total. The van der Waals surface area contributed by atoms with Gasteiger partial charge in [-0.05, 0) is 49.6 Å². The lowest BCUT2D eigenvalue weighted by molar-refractivity contribution is -0.208. The third kappa shape index (κ3) is 4.20. The van der Waals surface area contributed by atoms with Gasteiger partial charge in [-0.3, -0.25) is 4.98 Å². The molecule has 3 aliphatic rings. The van der Waals surface area contributed by atoms with Crippen molar-refractivity contribution in [2.45, 2.75) is 49.4 Å². The highest BCUT2D eigenvalue weighted by molar-refractivity contribution is 5.76. The molecule has 5 rings (SSSR count). The van der Waals surface area contributed by atoms with Crippen LogP contribution >= 0.6 is 0 Å². The van der Waals surface area contributed by atoms with Crippen LogP contribution in [0.1, 0.15) is 30.4 Å². The Labute approximate surface area is 200 Å². The number of rotatable bonds is 2. The van der Waals surface area contributed by atoms with E-state index in [0.29, 0.717) is 16.9 Å². The van der Waals surface area contributed by atoms with Gasteiger partial charge in [0, 0.05) is 23.2 Å². The van der Waals surface area contributed by atoms with E-state index in [0.717, 1.165) is 18.3 Å². The second-order valence-electron chi connectivity index (χ2n) is 8.90. The van der Waals surface area contributed by atoms with E-state index in [9.17, 15) is 31.1 Å². The number of hydrogen-bond acceptors (Lipinski definition) is 7. The lowest BCUT2D eigenvalue weighted by atomic mass is 9.67. The normalized spacial score (nSPS) is 27.4. The van der Waals surface area contributed by atoms with E-state index < -0.39 is 47.6 Å². The fraction of sp³-hybridized carbons (Fsp3) is 0.435. The minimum Gasteiger partial charge on any atom is -0.490 e. The summed E-state index contributed by atoms with van der Waals surface area (Å²) >= 11 is 0. The third-order valence-corrected chi connectivity index (χ3v) is 6.71. The Morgan fingerprint density at radius 3 is 2.56 bits per heavy atom. The molecule has 2 aromatic rings. The molecule has 36 heavy (non-hydrogen) atoms. The van der Waals surface area contributed by atoms with Crippen LogP contribution in [0.2, 0.25) is 0 Å². The van der Waals surface area contributed by atoms with Crippen molar-refractivity contribution in [1.82, 2.24) is 4.98 Å². The Bertz CT molecular complexity index is 1230. The van der Waals surface area contributed by atoms with Crippen LogP contribution in [0.15, 0.2) is 41.5 Å². The number of hydrogen-bond donors (Lipinski definition) is 1. The van der Waals surface area contributed by atoms with Gasteiger partial charge in [0.1, 0.15) is 30.1 Å². The summed E-state index contributed by atoms with van der Waals surface area (Å²) in [6.07, 6.45) is -9.72. The summed E-state index contributed by atoms with van der Waals surface area (Å²) < 4.78 is 94.2. The first-order valence-electron chi connectivity index (χ1n) is 11.0. The van der Waals surface area contributed by atoms with Crippen molar-refractivity contribution in [3.63, 3.8) is 0 Å². The fourth-order valence-electron chi connectivity index (χ4n) is 5.10. The average Bonchev–Trinajstić information content (AvgIpc) is 3.20. The van der Waals surface area contributed by atoms with Gasteiger partial charge < -0.3 is 19.9 Å². The molecule has 0 amide bonds. The molecule has 2 N–H and O–H groups in total. The number of aromatic nitrogens is 1. The van der Waals surface area contributed by atoms with Crippen molar-refractivity contribution < 1.29 is 45.3 Å². The first-order chi connectivity index (χ1) is 16.9. The van der Waals surface area contributed by atoms with E-state index in [1.165, 1.54) is 0 Å². The van der Waals surface area contributed by atoms with E-state index in [-0.39, 0.29) is 37.6 Å². The highest BCUT2D eigenvalue weighted by Gasteiger charge is 2.56. The lowest BCUT2D eigenvalue weighted by Crippen LogP contribution is -2.52. The highest BCUT2D eigenvalue weighted by atomic mass is 19.4. The zero-order chi connectivity index (χ0) is 25.9. The highest BCUT2D eigenvalue weighted by Crippen LogP contribution is 2.53. The molecule has 1 spiro atoms. The zero-order valence-electron chi connectivity index (χ0n) is 18.4. The molecule has 1 unspecified atom stereocenters. The summed E-state index contributed by atoms with van der Waals surface area (Å²) in [5.74, 6) is -2.45. The molecule has 3 heterocycles. The number of halogens is 6. The number of amidine groups is 1. The van der Waals surface area contributed by atoms with Gasteiger partial charge in [-0.25, -0.2) is 9.79 Å². The maximum Gasteiger partial charge on any atom is 0.490 e. The molecule has 0 saturated heterocycles. The van der Waals surface area contributed by atoms with Crippen LogP contribution < -0.4 is 10.5 Å². The first-order valence-corrected chi connectivity index (χ1v) is 11.0. The van der Waals surface area contributed by atoms with Crippen LogP contribution in [0.25, 0.3) is 11.3 Å². The number of ether oxygens (including phenoxy) is 3. The van der Waals surface area contributed by atoms with Gasteiger partial charge in [-0.1, -0.05) is 0 Å². The number of alkyl halides is 6. The molecule has 1 fully saturated rings. The zero-order valence-corrected chi connectivity index (χ0v) is 18.4. The quantitative estimate of drug-likeness (QED) is 0.472. The molecule has 1 saturated carbocycles. The summed E-state index contributed by atoms with van der Waals surface area (Å²) in [6.45, 7) is -0.0598. The molecule has 2 aliphatic heterocycles.